The van der Waals surface area contributed by atoms with Crippen molar-refractivity contribution in [2.75, 3.05) is 13.2 Å². The highest BCUT2D eigenvalue weighted by Crippen LogP contribution is 2.21. The molecule has 0 atom stereocenters. The maximum absolute atomic E-state index is 12.5. The van der Waals surface area contributed by atoms with Crippen molar-refractivity contribution in [3.05, 3.63) is 102 Å². The van der Waals surface area contributed by atoms with E-state index in [4.69, 9.17) is 9.47 Å². The average Bonchev–Trinajstić information content (AvgIpc) is 2.81. The number of benzene rings is 3. The molecule has 0 saturated heterocycles. The van der Waals surface area contributed by atoms with Crippen molar-refractivity contribution < 1.29 is 19.1 Å². The number of esters is 1. The van der Waals surface area contributed by atoms with Crippen LogP contribution in [-0.2, 0) is 9.53 Å². The fourth-order valence-electron chi connectivity index (χ4n) is 3.02. The van der Waals surface area contributed by atoms with Crippen molar-refractivity contribution in [2.45, 2.75) is 19.9 Å². The van der Waals surface area contributed by atoms with Crippen LogP contribution in [-0.4, -0.2) is 25.1 Å². The van der Waals surface area contributed by atoms with Gasteiger partial charge in [0.25, 0.3) is 5.91 Å². The summed E-state index contributed by atoms with van der Waals surface area (Å²) >= 11 is 0. The normalized spacial score (nSPS) is 10.7. The molecule has 5 nitrogen and oxygen atoms in total. The molecule has 0 spiro atoms. The predicted octanol–water partition coefficient (Wildman–Crippen LogP) is 4.78. The van der Waals surface area contributed by atoms with Crippen LogP contribution in [0.15, 0.2) is 84.9 Å². The molecular weight excluding hydrogens is 390 g/mol. The highest BCUT2D eigenvalue weighted by molar-refractivity contribution is 5.91. The Kier molecular flexibility index (Phi) is 7.82. The Balaban J connectivity index is 1.58. The molecule has 3 aromatic rings. The van der Waals surface area contributed by atoms with Crippen molar-refractivity contribution in [3.8, 4) is 5.75 Å². The number of hydrogen-bond donors (Lipinski definition) is 1. The zero-order chi connectivity index (χ0) is 22.1. The lowest BCUT2D eigenvalue weighted by molar-refractivity contribution is -0.124. The van der Waals surface area contributed by atoms with Gasteiger partial charge in [-0.05, 0) is 41.3 Å². The first-order valence-electron chi connectivity index (χ1n) is 10.3. The first kappa shape index (κ1) is 22.1. The van der Waals surface area contributed by atoms with Gasteiger partial charge < -0.3 is 14.8 Å². The lowest BCUT2D eigenvalue weighted by atomic mass is 9.99. The monoisotopic (exact) mass is 417 g/mol. The van der Waals surface area contributed by atoms with E-state index in [2.05, 4.69) is 19.2 Å². The highest BCUT2D eigenvalue weighted by atomic mass is 16.5. The number of carbonyl (C=O) groups excluding carboxylic acids is 2. The highest BCUT2D eigenvalue weighted by Gasteiger charge is 2.18. The Labute approximate surface area is 183 Å². The molecule has 0 bridgehead atoms. The molecule has 5 heteroatoms. The van der Waals surface area contributed by atoms with E-state index in [0.29, 0.717) is 23.8 Å². The van der Waals surface area contributed by atoms with E-state index >= 15 is 0 Å². The maximum atomic E-state index is 12.5. The second-order valence-electron chi connectivity index (χ2n) is 7.63. The van der Waals surface area contributed by atoms with Crippen molar-refractivity contribution in [1.82, 2.24) is 5.32 Å². The topological polar surface area (TPSA) is 64.6 Å². The molecule has 0 radical (unpaired) electrons. The van der Waals surface area contributed by atoms with Gasteiger partial charge in [0.15, 0.2) is 6.61 Å². The van der Waals surface area contributed by atoms with Crippen LogP contribution < -0.4 is 10.1 Å². The lowest BCUT2D eigenvalue weighted by Crippen LogP contribution is -2.33. The minimum atomic E-state index is -0.554. The molecule has 0 aliphatic heterocycles. The van der Waals surface area contributed by atoms with Crippen molar-refractivity contribution in [2.24, 2.45) is 5.92 Å². The summed E-state index contributed by atoms with van der Waals surface area (Å²) < 4.78 is 10.8. The SMILES string of the molecule is CC(C)COc1ccc(C(=O)OCC(=O)NC(c2ccccc2)c2ccccc2)cc1. The second kappa shape index (κ2) is 11.0. The van der Waals surface area contributed by atoms with Crippen molar-refractivity contribution in [3.63, 3.8) is 0 Å². The minimum Gasteiger partial charge on any atom is -0.493 e. The summed E-state index contributed by atoms with van der Waals surface area (Å²) in [6.45, 7) is 4.38. The molecule has 3 rings (SSSR count). The van der Waals surface area contributed by atoms with E-state index < -0.39 is 5.97 Å². The molecule has 1 amide bonds. The summed E-state index contributed by atoms with van der Waals surface area (Å²) in [5, 5.41) is 2.96. The first-order chi connectivity index (χ1) is 15.0. The molecular formula is C26H27NO4. The molecule has 3 aromatic carbocycles. The quantitative estimate of drug-likeness (QED) is 0.509. The van der Waals surface area contributed by atoms with Crippen LogP contribution in [0.5, 0.6) is 5.75 Å². The van der Waals surface area contributed by atoms with Crippen LogP contribution in [0.3, 0.4) is 0 Å². The smallest absolute Gasteiger partial charge is 0.338 e. The number of hydrogen-bond acceptors (Lipinski definition) is 4. The third-order valence-electron chi connectivity index (χ3n) is 4.58. The Bertz CT molecular complexity index is 930. The van der Waals surface area contributed by atoms with Gasteiger partial charge in [-0.2, -0.15) is 0 Å². The standard InChI is InChI=1S/C26H27NO4/c1-19(2)17-30-23-15-13-22(14-16-23)26(29)31-18-24(28)27-25(20-9-5-3-6-10-20)21-11-7-4-8-12-21/h3-16,19,25H,17-18H2,1-2H3,(H,27,28). The Morgan fingerprint density at radius 1 is 0.806 bits per heavy atom. The molecule has 0 unspecified atom stereocenters. The van der Waals surface area contributed by atoms with Crippen LogP contribution in [0, 0.1) is 5.92 Å². The third kappa shape index (κ3) is 6.71. The van der Waals surface area contributed by atoms with Gasteiger partial charge >= 0.3 is 5.97 Å². The number of amides is 1. The van der Waals surface area contributed by atoms with E-state index in [0.717, 1.165) is 11.1 Å². The van der Waals surface area contributed by atoms with Gasteiger partial charge in [-0.25, -0.2) is 4.79 Å². The molecule has 0 saturated carbocycles. The summed E-state index contributed by atoms with van der Waals surface area (Å²) in [6, 6.07) is 25.7. The van der Waals surface area contributed by atoms with E-state index in [-0.39, 0.29) is 18.6 Å². The van der Waals surface area contributed by atoms with Gasteiger partial charge in [0.05, 0.1) is 18.2 Å². The van der Waals surface area contributed by atoms with Gasteiger partial charge in [-0.1, -0.05) is 74.5 Å². The Morgan fingerprint density at radius 2 is 1.35 bits per heavy atom. The van der Waals surface area contributed by atoms with Gasteiger partial charge in [0, 0.05) is 0 Å². The third-order valence-corrected chi connectivity index (χ3v) is 4.58. The van der Waals surface area contributed by atoms with Crippen molar-refractivity contribution >= 4 is 11.9 Å². The fourth-order valence-corrected chi connectivity index (χ4v) is 3.02. The van der Waals surface area contributed by atoms with E-state index in [1.807, 2.05) is 60.7 Å². The summed E-state index contributed by atoms with van der Waals surface area (Å²) in [4.78, 5) is 24.8. The largest absolute Gasteiger partial charge is 0.493 e. The summed E-state index contributed by atoms with van der Waals surface area (Å²) in [6.07, 6.45) is 0. The van der Waals surface area contributed by atoms with Crippen LogP contribution in [0.4, 0.5) is 0 Å². The molecule has 0 aliphatic carbocycles. The van der Waals surface area contributed by atoms with Crippen LogP contribution in [0.1, 0.15) is 41.4 Å². The first-order valence-corrected chi connectivity index (χ1v) is 10.3. The van der Waals surface area contributed by atoms with Crippen LogP contribution >= 0.6 is 0 Å². The average molecular weight is 418 g/mol. The predicted molar refractivity (Wildman–Crippen MR) is 120 cm³/mol. The number of ether oxygens (including phenoxy) is 2. The second-order valence-corrected chi connectivity index (χ2v) is 7.63. The molecule has 0 heterocycles. The van der Waals surface area contributed by atoms with Crippen molar-refractivity contribution in [1.29, 1.82) is 0 Å². The summed E-state index contributed by atoms with van der Waals surface area (Å²) in [7, 11) is 0. The summed E-state index contributed by atoms with van der Waals surface area (Å²) in [5.41, 5.74) is 2.27. The minimum absolute atomic E-state index is 0.328. The molecule has 31 heavy (non-hydrogen) atoms. The maximum Gasteiger partial charge on any atom is 0.338 e. The van der Waals surface area contributed by atoms with Gasteiger partial charge in [0.1, 0.15) is 5.75 Å². The molecule has 0 aliphatic rings. The van der Waals surface area contributed by atoms with E-state index in [1.54, 1.807) is 24.3 Å². The molecule has 0 aromatic heterocycles. The van der Waals surface area contributed by atoms with Crippen LogP contribution in [0.25, 0.3) is 0 Å². The fraction of sp³-hybridized carbons (Fsp3) is 0.231. The molecule has 160 valence electrons. The number of rotatable bonds is 9. The zero-order valence-electron chi connectivity index (χ0n) is 17.8. The Morgan fingerprint density at radius 3 is 1.87 bits per heavy atom. The number of nitrogens with one attached hydrogen (secondary N) is 1. The molecule has 0 fully saturated rings. The lowest BCUT2D eigenvalue weighted by Gasteiger charge is -2.20. The number of carbonyl (C=O) groups is 2. The van der Waals surface area contributed by atoms with E-state index in [1.165, 1.54) is 0 Å². The summed E-state index contributed by atoms with van der Waals surface area (Å²) in [5.74, 6) is 0.180. The zero-order valence-corrected chi connectivity index (χ0v) is 17.8. The van der Waals surface area contributed by atoms with Gasteiger partial charge in [0.2, 0.25) is 0 Å². The Hall–Kier alpha value is -3.60. The van der Waals surface area contributed by atoms with Gasteiger partial charge in [-0.15, -0.1) is 0 Å². The van der Waals surface area contributed by atoms with E-state index in [9.17, 15) is 9.59 Å². The molecule has 1 N–H and O–H groups in total. The van der Waals surface area contributed by atoms with Crippen LogP contribution in [0.2, 0.25) is 0 Å². The van der Waals surface area contributed by atoms with Gasteiger partial charge in [-0.3, -0.25) is 4.79 Å².